The van der Waals surface area contributed by atoms with Crippen LogP contribution in [-0.4, -0.2) is 32.6 Å². The summed E-state index contributed by atoms with van der Waals surface area (Å²) in [4.78, 5) is 4.38. The predicted octanol–water partition coefficient (Wildman–Crippen LogP) is 5.09. The third kappa shape index (κ3) is 5.76. The normalized spacial score (nSPS) is 13.1. The molecule has 27 heavy (non-hydrogen) atoms. The van der Waals surface area contributed by atoms with Crippen molar-refractivity contribution < 1.29 is 13.2 Å². The summed E-state index contributed by atoms with van der Waals surface area (Å²) in [7, 11) is -4.87. The molecule has 8 heteroatoms. The first-order chi connectivity index (χ1) is 12.3. The molecular weight excluding hydrogens is 444 g/mol. The molecule has 0 aliphatic carbocycles. The van der Waals surface area contributed by atoms with Gasteiger partial charge in [-0.2, -0.15) is 0 Å². The van der Waals surface area contributed by atoms with Gasteiger partial charge in [0, 0.05) is 14.7 Å². The summed E-state index contributed by atoms with van der Waals surface area (Å²) in [6.45, 7) is 13.9. The monoisotopic (exact) mass is 472 g/mol. The summed E-state index contributed by atoms with van der Waals surface area (Å²) in [5, 5.41) is 0.130. The summed E-state index contributed by atoms with van der Waals surface area (Å²) in [6, 6.07) is 8.08. The van der Waals surface area contributed by atoms with Gasteiger partial charge in [-0.15, -0.1) is 0 Å². The van der Waals surface area contributed by atoms with E-state index in [9.17, 15) is 8.42 Å². The number of hydrogen-bond acceptors (Lipinski definition) is 4. The van der Waals surface area contributed by atoms with Gasteiger partial charge in [-0.3, -0.25) is 4.57 Å². The minimum Gasteiger partial charge on any atom is -0.361 e. The molecule has 1 aromatic carbocycles. The zero-order chi connectivity index (χ0) is 20.5. The van der Waals surface area contributed by atoms with Crippen LogP contribution in [0.2, 0.25) is 25.7 Å². The van der Waals surface area contributed by atoms with Crippen LogP contribution in [0, 0.1) is 0 Å². The van der Waals surface area contributed by atoms with E-state index in [2.05, 4.69) is 61.3 Å². The smallest absolute Gasteiger partial charge is 0.223 e. The van der Waals surface area contributed by atoms with Crippen molar-refractivity contribution in [1.82, 2.24) is 9.55 Å². The maximum Gasteiger partial charge on any atom is 0.223 e. The number of hydrogen-bond donors (Lipinski definition) is 0. The van der Waals surface area contributed by atoms with E-state index in [-0.39, 0.29) is 22.1 Å². The summed E-state index contributed by atoms with van der Waals surface area (Å²) < 4.78 is 33.9. The molecule has 1 aromatic heterocycles. The third-order valence-corrected chi connectivity index (χ3v) is 8.40. The second kappa shape index (κ2) is 8.19. The van der Waals surface area contributed by atoms with Crippen LogP contribution in [0.15, 0.2) is 45.1 Å². The zero-order valence-corrected chi connectivity index (χ0v) is 20.3. The van der Waals surface area contributed by atoms with E-state index in [0.717, 1.165) is 11.6 Å². The van der Waals surface area contributed by atoms with Crippen molar-refractivity contribution >= 4 is 33.8 Å². The lowest BCUT2D eigenvalue weighted by atomic mass is 9.87. The molecule has 0 aliphatic rings. The number of ether oxygens (including phenoxy) is 1. The predicted molar refractivity (Wildman–Crippen MR) is 115 cm³/mol. The highest BCUT2D eigenvalue weighted by Crippen LogP contribution is 2.27. The maximum atomic E-state index is 13.1. The number of benzene rings is 1. The first kappa shape index (κ1) is 22.3. The maximum absolute atomic E-state index is 13.1. The Kier molecular flexibility index (Phi) is 6.77. The van der Waals surface area contributed by atoms with E-state index in [1.807, 2.05) is 12.1 Å². The second-order valence-corrected chi connectivity index (χ2v) is 17.1. The molecule has 0 amide bonds. The van der Waals surface area contributed by atoms with Crippen LogP contribution in [0.1, 0.15) is 26.3 Å². The second-order valence-electron chi connectivity index (χ2n) is 8.92. The lowest BCUT2D eigenvalue weighted by Crippen LogP contribution is -2.22. The summed E-state index contributed by atoms with van der Waals surface area (Å²) in [6.07, 6.45) is 1.37. The van der Waals surface area contributed by atoms with Gasteiger partial charge in [0.05, 0.1) is 11.1 Å². The number of halogens is 1. The molecule has 1 heterocycles. The standard InChI is InChI=1S/C19H29BrN2O3SSi/c1-19(2,3)15-7-9-16(10-8-15)26(23,24)17-13-21-18(20)22(17)14-25-11-12-27(4,5)6/h7-10,13H,11-12,14H2,1-6H3. The molecule has 2 aromatic rings. The van der Waals surface area contributed by atoms with E-state index < -0.39 is 17.9 Å². The highest BCUT2D eigenvalue weighted by Gasteiger charge is 2.25. The van der Waals surface area contributed by atoms with Gasteiger partial charge >= 0.3 is 0 Å². The van der Waals surface area contributed by atoms with Gasteiger partial charge in [0.25, 0.3) is 0 Å². The van der Waals surface area contributed by atoms with Crippen molar-refractivity contribution in [3.63, 3.8) is 0 Å². The molecule has 0 aliphatic heterocycles. The molecule has 0 spiro atoms. The highest BCUT2D eigenvalue weighted by atomic mass is 79.9. The average molecular weight is 474 g/mol. The lowest BCUT2D eigenvalue weighted by molar-refractivity contribution is 0.0799. The molecule has 0 atom stereocenters. The quantitative estimate of drug-likeness (QED) is 0.415. The molecule has 2 rings (SSSR count). The van der Waals surface area contributed by atoms with Crippen LogP contribution in [-0.2, 0) is 26.7 Å². The fourth-order valence-electron chi connectivity index (χ4n) is 2.46. The first-order valence-corrected chi connectivity index (χ1v) is 15.0. The molecule has 0 fully saturated rings. The van der Waals surface area contributed by atoms with E-state index in [0.29, 0.717) is 11.3 Å². The molecule has 0 saturated heterocycles. The molecular formula is C19H29BrN2O3SSi. The van der Waals surface area contributed by atoms with Crippen LogP contribution in [0.25, 0.3) is 0 Å². The number of sulfone groups is 1. The Morgan fingerprint density at radius 3 is 2.26 bits per heavy atom. The molecule has 0 bridgehead atoms. The number of aromatic nitrogens is 2. The number of rotatable bonds is 7. The van der Waals surface area contributed by atoms with E-state index in [4.69, 9.17) is 4.74 Å². The van der Waals surface area contributed by atoms with Gasteiger partial charge in [0.15, 0.2) is 9.76 Å². The summed E-state index contributed by atoms with van der Waals surface area (Å²) in [5.74, 6) is 0. The van der Waals surface area contributed by atoms with Gasteiger partial charge < -0.3 is 4.74 Å². The Morgan fingerprint density at radius 2 is 1.74 bits per heavy atom. The molecule has 150 valence electrons. The van der Waals surface area contributed by atoms with Crippen molar-refractivity contribution in [2.75, 3.05) is 6.61 Å². The van der Waals surface area contributed by atoms with Crippen LogP contribution < -0.4 is 0 Å². The Labute approximate surface area is 172 Å². The van der Waals surface area contributed by atoms with Crippen molar-refractivity contribution in [3.05, 3.63) is 40.8 Å². The van der Waals surface area contributed by atoms with Crippen LogP contribution in [0.5, 0.6) is 0 Å². The van der Waals surface area contributed by atoms with E-state index in [1.54, 1.807) is 16.7 Å². The summed E-state index contributed by atoms with van der Waals surface area (Å²) >= 11 is 3.33. The fraction of sp³-hybridized carbons (Fsp3) is 0.526. The van der Waals surface area contributed by atoms with E-state index >= 15 is 0 Å². The average Bonchev–Trinajstić information content (AvgIpc) is 2.91. The largest absolute Gasteiger partial charge is 0.361 e. The van der Waals surface area contributed by atoms with Gasteiger partial charge in [0.1, 0.15) is 6.73 Å². The van der Waals surface area contributed by atoms with Crippen molar-refractivity contribution in [3.8, 4) is 0 Å². The molecule has 0 saturated carbocycles. The van der Waals surface area contributed by atoms with Gasteiger partial charge in [0.2, 0.25) is 9.84 Å². The summed E-state index contributed by atoms with van der Waals surface area (Å²) in [5.41, 5.74) is 1.06. The topological polar surface area (TPSA) is 61.2 Å². The lowest BCUT2D eigenvalue weighted by Gasteiger charge is -2.19. The SMILES string of the molecule is CC(C)(C)c1ccc(S(=O)(=O)c2cnc(Br)n2COCC[Si](C)(C)C)cc1. The first-order valence-electron chi connectivity index (χ1n) is 8.97. The van der Waals surface area contributed by atoms with Crippen LogP contribution >= 0.6 is 15.9 Å². The fourth-order valence-corrected chi connectivity index (χ4v) is 5.09. The van der Waals surface area contributed by atoms with Gasteiger partial charge in [-0.1, -0.05) is 52.5 Å². The molecule has 0 unspecified atom stereocenters. The van der Waals surface area contributed by atoms with Gasteiger partial charge in [-0.05, 0) is 45.1 Å². The number of nitrogens with zero attached hydrogens (tertiary/aromatic N) is 2. The van der Waals surface area contributed by atoms with Crippen molar-refractivity contribution in [1.29, 1.82) is 0 Å². The highest BCUT2D eigenvalue weighted by molar-refractivity contribution is 9.10. The van der Waals surface area contributed by atoms with E-state index in [1.165, 1.54) is 6.20 Å². The van der Waals surface area contributed by atoms with Crippen LogP contribution in [0.3, 0.4) is 0 Å². The zero-order valence-electron chi connectivity index (χ0n) is 16.9. The molecule has 0 radical (unpaired) electrons. The third-order valence-electron chi connectivity index (χ3n) is 4.29. The molecule has 0 N–H and O–H groups in total. The van der Waals surface area contributed by atoms with Gasteiger partial charge in [-0.25, -0.2) is 13.4 Å². The minimum atomic E-state index is -3.68. The minimum absolute atomic E-state index is 0.0305. The van der Waals surface area contributed by atoms with Crippen LogP contribution in [0.4, 0.5) is 0 Å². The van der Waals surface area contributed by atoms with Crippen molar-refractivity contribution in [2.24, 2.45) is 0 Å². The Hall–Kier alpha value is -0.963. The Balaban J connectivity index is 2.24. The number of imidazole rings is 1. The Bertz CT molecular complexity index is 879. The molecule has 5 nitrogen and oxygen atoms in total. The van der Waals surface area contributed by atoms with Crippen molar-refractivity contribution in [2.45, 2.75) is 68.5 Å². The Morgan fingerprint density at radius 1 is 1.15 bits per heavy atom.